The van der Waals surface area contributed by atoms with E-state index in [2.05, 4.69) is 5.73 Å². The Kier molecular flexibility index (Phi) is 27.7. The minimum Gasteiger partial charge on any atom is -1.00 e. The molecule has 0 radical (unpaired) electrons. The van der Waals surface area contributed by atoms with Gasteiger partial charge < -0.3 is 13.7 Å². The van der Waals surface area contributed by atoms with Gasteiger partial charge in [0.05, 0.1) is 0 Å². The van der Waals surface area contributed by atoms with Crippen LogP contribution in [-0.2, 0) is 0 Å². The van der Waals surface area contributed by atoms with Crippen molar-refractivity contribution in [3.05, 3.63) is 0 Å². The number of carboxylic acid groups (broad SMARTS) is 1. The fraction of sp³-hybridized carbons (Fsp3) is 0. The van der Waals surface area contributed by atoms with E-state index in [1.165, 1.54) is 0 Å². The van der Waals surface area contributed by atoms with E-state index < -0.39 is 6.09 Å². The Bertz CT molecular complexity index is 41.0. The minimum atomic E-state index is -1.33. The van der Waals surface area contributed by atoms with Gasteiger partial charge in [0.15, 0.2) is 0 Å². The molecule has 0 saturated carbocycles. The number of hydrogen-bond acceptors (Lipinski definition) is 1. The molecule has 6 heavy (non-hydrogen) atoms. The SMILES string of the molecule is NC(=O)O.[H-].[H-].[K+].[K+]. The quantitative estimate of drug-likeness (QED) is 0.330. The second kappa shape index (κ2) is 10.5. The second-order valence-electron chi connectivity index (χ2n) is 0.338. The molecule has 0 aliphatic carbocycles. The summed E-state index contributed by atoms with van der Waals surface area (Å²) in [4.78, 5) is 8.78. The predicted molar refractivity (Wildman–Crippen MR) is 14.4 cm³/mol. The third-order valence-electron chi connectivity index (χ3n) is 0. The van der Waals surface area contributed by atoms with Gasteiger partial charge in [-0.2, -0.15) is 0 Å². The normalized spacial score (nSPS) is 4.00. The van der Waals surface area contributed by atoms with Crippen molar-refractivity contribution in [2.75, 3.05) is 0 Å². The summed E-state index contributed by atoms with van der Waals surface area (Å²) in [6.45, 7) is 0. The monoisotopic (exact) mass is 141 g/mol. The zero-order chi connectivity index (χ0) is 3.58. The molecule has 28 valence electrons. The summed E-state index contributed by atoms with van der Waals surface area (Å²) in [5.74, 6) is 0. The molecule has 0 atom stereocenters. The van der Waals surface area contributed by atoms with Crippen molar-refractivity contribution >= 4 is 6.09 Å². The molecule has 0 fully saturated rings. The first-order chi connectivity index (χ1) is 1.73. The van der Waals surface area contributed by atoms with Crippen LogP contribution in [0.1, 0.15) is 2.85 Å². The van der Waals surface area contributed by atoms with E-state index in [1.54, 1.807) is 0 Å². The van der Waals surface area contributed by atoms with Gasteiger partial charge in [0.1, 0.15) is 0 Å². The van der Waals surface area contributed by atoms with Gasteiger partial charge in [-0.1, -0.05) is 0 Å². The minimum absolute atomic E-state index is 0. The zero-order valence-electron chi connectivity index (χ0n) is 5.93. The zero-order valence-corrected chi connectivity index (χ0v) is 10.2. The van der Waals surface area contributed by atoms with E-state index in [0.717, 1.165) is 0 Å². The Balaban J connectivity index is -0.00000000750. The summed E-state index contributed by atoms with van der Waals surface area (Å²) in [5.41, 5.74) is 4.03. The summed E-state index contributed by atoms with van der Waals surface area (Å²) in [6, 6.07) is 0. The Morgan fingerprint density at radius 3 is 1.67 bits per heavy atom. The van der Waals surface area contributed by atoms with Gasteiger partial charge >= 0.3 is 109 Å². The molecular weight excluding hydrogens is 136 g/mol. The Hall–Kier alpha value is 2.54. The summed E-state index contributed by atoms with van der Waals surface area (Å²) in [7, 11) is 0. The topological polar surface area (TPSA) is 63.3 Å². The molecule has 0 aromatic carbocycles. The first kappa shape index (κ1) is 15.8. The van der Waals surface area contributed by atoms with Gasteiger partial charge in [0.25, 0.3) is 0 Å². The van der Waals surface area contributed by atoms with Crippen molar-refractivity contribution in [1.82, 2.24) is 0 Å². The Morgan fingerprint density at radius 2 is 1.67 bits per heavy atom. The first-order valence-electron chi connectivity index (χ1n) is 0.716. The van der Waals surface area contributed by atoms with Crippen molar-refractivity contribution < 1.29 is 116 Å². The molecule has 0 heterocycles. The van der Waals surface area contributed by atoms with Crippen LogP contribution in [-0.4, -0.2) is 11.2 Å². The maximum absolute atomic E-state index is 8.78. The van der Waals surface area contributed by atoms with Gasteiger partial charge in [0.2, 0.25) is 0 Å². The van der Waals surface area contributed by atoms with Crippen molar-refractivity contribution in [2.45, 2.75) is 0 Å². The third-order valence-corrected chi connectivity index (χ3v) is 0. The van der Waals surface area contributed by atoms with Crippen LogP contribution in [0, 0.1) is 0 Å². The molecular formula is CH5K2NO2. The molecule has 1 amide bonds. The molecule has 0 bridgehead atoms. The van der Waals surface area contributed by atoms with E-state index in [9.17, 15) is 0 Å². The van der Waals surface area contributed by atoms with Gasteiger partial charge in [-0.15, -0.1) is 0 Å². The van der Waals surface area contributed by atoms with Crippen molar-refractivity contribution in [3.8, 4) is 0 Å². The molecule has 5 heteroatoms. The number of hydrogen-bond donors (Lipinski definition) is 2. The summed E-state index contributed by atoms with van der Waals surface area (Å²) in [6.07, 6.45) is -1.33. The number of carbonyl (C=O) groups is 1. The molecule has 0 aromatic heterocycles. The largest absolute Gasteiger partial charge is 1.00 e. The third kappa shape index (κ3) is 31.1. The molecule has 3 N–H and O–H groups in total. The molecule has 0 aliphatic heterocycles. The van der Waals surface area contributed by atoms with Crippen molar-refractivity contribution in [2.24, 2.45) is 5.73 Å². The van der Waals surface area contributed by atoms with Gasteiger partial charge in [-0.25, -0.2) is 4.79 Å². The van der Waals surface area contributed by atoms with Crippen LogP contribution in [0.5, 0.6) is 0 Å². The maximum atomic E-state index is 8.78. The van der Waals surface area contributed by atoms with E-state index in [-0.39, 0.29) is 106 Å². The number of nitrogens with two attached hydrogens (primary N) is 1. The first-order valence-corrected chi connectivity index (χ1v) is 0.716. The van der Waals surface area contributed by atoms with E-state index in [1.807, 2.05) is 0 Å². The summed E-state index contributed by atoms with van der Waals surface area (Å²) >= 11 is 0. The maximum Gasteiger partial charge on any atom is 1.00 e. The Labute approximate surface area is 124 Å². The fourth-order valence-electron chi connectivity index (χ4n) is 0. The van der Waals surface area contributed by atoms with Crippen LogP contribution in [0.4, 0.5) is 4.79 Å². The summed E-state index contributed by atoms with van der Waals surface area (Å²) in [5, 5.41) is 7.19. The standard InChI is InChI=1S/CH3NO2.2K.2H/c2-1(3)4;;;;/h2H2,(H,3,4);;;;/q;2*+1;2*-1. The van der Waals surface area contributed by atoms with Gasteiger partial charge in [-0.05, 0) is 0 Å². The molecule has 3 nitrogen and oxygen atoms in total. The van der Waals surface area contributed by atoms with Crippen LogP contribution in [0.25, 0.3) is 0 Å². The fourth-order valence-corrected chi connectivity index (χ4v) is 0. The summed E-state index contributed by atoms with van der Waals surface area (Å²) < 4.78 is 0. The number of primary amides is 1. The van der Waals surface area contributed by atoms with Gasteiger partial charge in [-0.3, -0.25) is 0 Å². The van der Waals surface area contributed by atoms with Crippen LogP contribution in [0.3, 0.4) is 0 Å². The van der Waals surface area contributed by atoms with E-state index in [0.29, 0.717) is 0 Å². The van der Waals surface area contributed by atoms with Crippen LogP contribution in [0.15, 0.2) is 0 Å². The molecule has 0 aromatic rings. The van der Waals surface area contributed by atoms with Crippen molar-refractivity contribution in [3.63, 3.8) is 0 Å². The smallest absolute Gasteiger partial charge is 1.00 e. The molecule has 0 spiro atoms. The van der Waals surface area contributed by atoms with Gasteiger partial charge in [0, 0.05) is 0 Å². The predicted octanol–water partition coefficient (Wildman–Crippen LogP) is -6.14. The van der Waals surface area contributed by atoms with Crippen molar-refractivity contribution in [1.29, 1.82) is 0 Å². The van der Waals surface area contributed by atoms with Crippen LogP contribution >= 0.6 is 0 Å². The molecule has 0 unspecified atom stereocenters. The molecule has 0 aliphatic rings. The average molecular weight is 141 g/mol. The average Bonchev–Trinajstić information content (AvgIpc) is 0.811. The number of amides is 1. The Morgan fingerprint density at radius 1 is 1.67 bits per heavy atom. The van der Waals surface area contributed by atoms with E-state index >= 15 is 0 Å². The number of rotatable bonds is 0. The van der Waals surface area contributed by atoms with Crippen LogP contribution in [0.2, 0.25) is 0 Å². The second-order valence-corrected chi connectivity index (χ2v) is 0.338. The molecule has 0 saturated heterocycles. The van der Waals surface area contributed by atoms with Crippen LogP contribution < -0.4 is 109 Å². The van der Waals surface area contributed by atoms with E-state index in [4.69, 9.17) is 9.90 Å². The molecule has 0 rings (SSSR count).